The quantitative estimate of drug-likeness (QED) is 0.820. The minimum Gasteiger partial charge on any atom is -0.397 e. The van der Waals surface area contributed by atoms with Crippen molar-refractivity contribution in [1.82, 2.24) is 4.90 Å². The summed E-state index contributed by atoms with van der Waals surface area (Å²) >= 11 is 12.0. The van der Waals surface area contributed by atoms with E-state index in [2.05, 4.69) is 10.2 Å². The molecule has 2 fully saturated rings. The lowest BCUT2D eigenvalue weighted by Gasteiger charge is -2.35. The number of hydrogen-bond donors (Lipinski definition) is 2. The molecule has 3 rings (SSSR count). The highest BCUT2D eigenvalue weighted by atomic mass is 35.5. The zero-order chi connectivity index (χ0) is 13.4. The number of piperidine rings is 1. The summed E-state index contributed by atoms with van der Waals surface area (Å²) in [6.07, 6.45) is 5.03. The normalized spacial score (nSPS) is 27.3. The third-order valence-corrected chi connectivity index (χ3v) is 4.99. The van der Waals surface area contributed by atoms with Crippen LogP contribution in [0.15, 0.2) is 12.1 Å². The minimum absolute atomic E-state index is 0.485. The van der Waals surface area contributed by atoms with E-state index >= 15 is 0 Å². The van der Waals surface area contributed by atoms with Crippen molar-refractivity contribution in [2.45, 2.75) is 37.8 Å². The average Bonchev–Trinajstić information content (AvgIpc) is 2.83. The summed E-state index contributed by atoms with van der Waals surface area (Å²) in [6, 6.07) is 4.78. The number of nitrogen functional groups attached to an aromatic ring is 1. The lowest BCUT2D eigenvalue weighted by molar-refractivity contribution is 0.188. The van der Waals surface area contributed by atoms with E-state index in [1.54, 1.807) is 6.07 Å². The van der Waals surface area contributed by atoms with Crippen LogP contribution in [0.1, 0.15) is 25.7 Å². The molecule has 0 aliphatic carbocycles. The molecule has 2 saturated heterocycles. The number of fused-ring (bicyclic) bond motifs is 1. The second kappa shape index (κ2) is 5.39. The van der Waals surface area contributed by atoms with Crippen molar-refractivity contribution >= 4 is 34.6 Å². The van der Waals surface area contributed by atoms with Gasteiger partial charge in [0.2, 0.25) is 0 Å². The summed E-state index contributed by atoms with van der Waals surface area (Å²) in [5, 5.41) is 4.60. The van der Waals surface area contributed by atoms with Crippen LogP contribution in [0, 0.1) is 0 Å². The van der Waals surface area contributed by atoms with Gasteiger partial charge >= 0.3 is 0 Å². The van der Waals surface area contributed by atoms with Gasteiger partial charge in [-0.25, -0.2) is 0 Å². The van der Waals surface area contributed by atoms with Gasteiger partial charge in [-0.15, -0.1) is 0 Å². The van der Waals surface area contributed by atoms with Crippen LogP contribution in [0.5, 0.6) is 0 Å². The van der Waals surface area contributed by atoms with Gasteiger partial charge in [-0.1, -0.05) is 23.2 Å². The third kappa shape index (κ3) is 2.78. The molecular formula is C14H19Cl2N3. The van der Waals surface area contributed by atoms with Crippen LogP contribution >= 0.6 is 23.2 Å². The molecule has 0 aromatic heterocycles. The molecule has 5 heteroatoms. The molecule has 2 atom stereocenters. The number of anilines is 2. The Balaban J connectivity index is 1.70. The Morgan fingerprint density at radius 1 is 1.16 bits per heavy atom. The van der Waals surface area contributed by atoms with E-state index in [9.17, 15) is 0 Å². The summed E-state index contributed by atoms with van der Waals surface area (Å²) in [5.74, 6) is 0. The van der Waals surface area contributed by atoms with Crippen LogP contribution in [0.2, 0.25) is 10.0 Å². The second-order valence-electron chi connectivity index (χ2n) is 5.55. The van der Waals surface area contributed by atoms with Gasteiger partial charge in [0.25, 0.3) is 0 Å². The SMILES string of the molecule is Nc1cc(Cl)c(Cl)cc1NC1CCN2CCCC2C1. The molecule has 1 aromatic rings. The number of halogens is 2. The Kier molecular flexibility index (Phi) is 3.79. The predicted octanol–water partition coefficient (Wildman–Crippen LogP) is 3.61. The van der Waals surface area contributed by atoms with Crippen LogP contribution in [-0.4, -0.2) is 30.1 Å². The smallest absolute Gasteiger partial charge is 0.0614 e. The Morgan fingerprint density at radius 2 is 1.95 bits per heavy atom. The summed E-state index contributed by atoms with van der Waals surface area (Å²) in [4.78, 5) is 2.61. The maximum atomic E-state index is 6.06. The van der Waals surface area contributed by atoms with Crippen LogP contribution in [-0.2, 0) is 0 Å². The van der Waals surface area contributed by atoms with E-state index in [1.807, 2.05) is 6.07 Å². The largest absolute Gasteiger partial charge is 0.397 e. The van der Waals surface area contributed by atoms with E-state index in [4.69, 9.17) is 28.9 Å². The van der Waals surface area contributed by atoms with Gasteiger partial charge in [0.1, 0.15) is 0 Å². The van der Waals surface area contributed by atoms with E-state index < -0.39 is 0 Å². The van der Waals surface area contributed by atoms with Crippen LogP contribution in [0.4, 0.5) is 11.4 Å². The molecule has 0 radical (unpaired) electrons. The Bertz CT molecular complexity index is 478. The number of nitrogens with two attached hydrogens (primary N) is 1. The van der Waals surface area contributed by atoms with Gasteiger partial charge in [-0.2, -0.15) is 0 Å². The maximum absolute atomic E-state index is 6.06. The standard InChI is InChI=1S/C14H19Cl2N3/c15-11-7-13(17)14(8-12(11)16)18-9-3-5-19-4-1-2-10(19)6-9/h7-10,18H,1-6,17H2. The zero-order valence-corrected chi connectivity index (χ0v) is 12.3. The van der Waals surface area contributed by atoms with Crippen LogP contribution in [0.3, 0.4) is 0 Å². The van der Waals surface area contributed by atoms with Crippen LogP contribution in [0.25, 0.3) is 0 Å². The summed E-state index contributed by atoms with van der Waals surface area (Å²) in [5.41, 5.74) is 7.58. The van der Waals surface area contributed by atoms with Crippen molar-refractivity contribution in [2.24, 2.45) is 0 Å². The summed E-state index contributed by atoms with van der Waals surface area (Å²) in [6.45, 7) is 2.45. The van der Waals surface area contributed by atoms with E-state index in [1.165, 1.54) is 32.4 Å². The second-order valence-corrected chi connectivity index (χ2v) is 6.37. The molecule has 0 saturated carbocycles. The fraction of sp³-hybridized carbons (Fsp3) is 0.571. The van der Waals surface area contributed by atoms with E-state index in [0.717, 1.165) is 18.2 Å². The van der Waals surface area contributed by atoms with Gasteiger partial charge in [-0.3, -0.25) is 0 Å². The minimum atomic E-state index is 0.485. The zero-order valence-electron chi connectivity index (χ0n) is 10.8. The fourth-order valence-electron chi connectivity index (χ4n) is 3.26. The van der Waals surface area contributed by atoms with E-state index in [0.29, 0.717) is 21.8 Å². The first-order chi connectivity index (χ1) is 9.13. The van der Waals surface area contributed by atoms with Crippen molar-refractivity contribution in [2.75, 3.05) is 24.1 Å². The number of nitrogens with one attached hydrogen (secondary N) is 1. The van der Waals surface area contributed by atoms with Crippen molar-refractivity contribution in [3.8, 4) is 0 Å². The molecule has 1 aromatic carbocycles. The first kappa shape index (κ1) is 13.3. The molecule has 19 heavy (non-hydrogen) atoms. The molecule has 104 valence electrons. The topological polar surface area (TPSA) is 41.3 Å². The van der Waals surface area contributed by atoms with Crippen molar-refractivity contribution in [3.05, 3.63) is 22.2 Å². The number of nitrogens with zero attached hydrogens (tertiary/aromatic N) is 1. The summed E-state index contributed by atoms with van der Waals surface area (Å²) in [7, 11) is 0. The average molecular weight is 300 g/mol. The van der Waals surface area contributed by atoms with E-state index in [-0.39, 0.29) is 0 Å². The van der Waals surface area contributed by atoms with Gasteiger partial charge in [0, 0.05) is 18.6 Å². The first-order valence-electron chi connectivity index (χ1n) is 6.88. The highest BCUT2D eigenvalue weighted by molar-refractivity contribution is 6.42. The third-order valence-electron chi connectivity index (χ3n) is 4.27. The van der Waals surface area contributed by atoms with Gasteiger partial charge in [0.05, 0.1) is 21.4 Å². The Hall–Kier alpha value is -0.640. The fourth-order valence-corrected chi connectivity index (χ4v) is 3.60. The molecule has 2 heterocycles. The molecule has 2 aliphatic rings. The molecule has 2 unspecified atom stereocenters. The van der Waals surface area contributed by atoms with Gasteiger partial charge in [0.15, 0.2) is 0 Å². The first-order valence-corrected chi connectivity index (χ1v) is 7.64. The molecule has 2 aliphatic heterocycles. The summed E-state index contributed by atoms with van der Waals surface area (Å²) < 4.78 is 0. The molecular weight excluding hydrogens is 281 g/mol. The number of hydrogen-bond acceptors (Lipinski definition) is 3. The van der Waals surface area contributed by atoms with Crippen molar-refractivity contribution in [3.63, 3.8) is 0 Å². The van der Waals surface area contributed by atoms with Crippen molar-refractivity contribution < 1.29 is 0 Å². The maximum Gasteiger partial charge on any atom is 0.0614 e. The highest BCUT2D eigenvalue weighted by Gasteiger charge is 2.31. The Labute approximate surface area is 124 Å². The van der Waals surface area contributed by atoms with Gasteiger partial charge < -0.3 is 16.0 Å². The molecule has 3 N–H and O–H groups in total. The Morgan fingerprint density at radius 3 is 2.79 bits per heavy atom. The number of rotatable bonds is 2. The lowest BCUT2D eigenvalue weighted by Crippen LogP contribution is -2.42. The lowest BCUT2D eigenvalue weighted by atomic mass is 9.97. The molecule has 0 spiro atoms. The molecule has 0 amide bonds. The van der Waals surface area contributed by atoms with Gasteiger partial charge in [-0.05, 0) is 44.4 Å². The predicted molar refractivity (Wildman–Crippen MR) is 82.1 cm³/mol. The monoisotopic (exact) mass is 299 g/mol. The number of benzene rings is 1. The molecule has 0 bridgehead atoms. The molecule has 3 nitrogen and oxygen atoms in total. The van der Waals surface area contributed by atoms with Crippen LogP contribution < -0.4 is 11.1 Å². The van der Waals surface area contributed by atoms with Crippen molar-refractivity contribution in [1.29, 1.82) is 0 Å². The highest BCUT2D eigenvalue weighted by Crippen LogP contribution is 2.33.